The van der Waals surface area contributed by atoms with Crippen LogP contribution in [-0.2, 0) is 10.0 Å². The summed E-state index contributed by atoms with van der Waals surface area (Å²) >= 11 is 0. The summed E-state index contributed by atoms with van der Waals surface area (Å²) in [5.41, 5.74) is 0.448. The number of aryl methyl sites for hydroxylation is 1. The lowest BCUT2D eigenvalue weighted by Crippen LogP contribution is -2.47. The first-order chi connectivity index (χ1) is 8.55. The van der Waals surface area contributed by atoms with Crippen LogP contribution in [0.2, 0.25) is 0 Å². The molecule has 1 aliphatic rings. The van der Waals surface area contributed by atoms with Crippen LogP contribution < -0.4 is 5.32 Å². The fourth-order valence-corrected chi connectivity index (χ4v) is 3.78. The van der Waals surface area contributed by atoms with E-state index in [-0.39, 0.29) is 11.1 Å². The van der Waals surface area contributed by atoms with Crippen LogP contribution >= 0.6 is 0 Å². The first-order valence-electron chi connectivity index (χ1n) is 6.00. The van der Waals surface area contributed by atoms with Crippen molar-refractivity contribution in [2.24, 2.45) is 0 Å². The minimum absolute atomic E-state index is 0.0711. The van der Waals surface area contributed by atoms with E-state index in [9.17, 15) is 8.42 Å². The van der Waals surface area contributed by atoms with Crippen molar-refractivity contribution in [2.45, 2.75) is 30.8 Å². The summed E-state index contributed by atoms with van der Waals surface area (Å²) in [6, 6.07) is 0.213. The fourth-order valence-electron chi connectivity index (χ4n) is 2.17. The van der Waals surface area contributed by atoms with Crippen LogP contribution in [0.5, 0.6) is 0 Å². The summed E-state index contributed by atoms with van der Waals surface area (Å²) in [6.45, 7) is 2.71. The van der Waals surface area contributed by atoms with Crippen molar-refractivity contribution in [3.63, 3.8) is 0 Å². The Kier molecular flexibility index (Phi) is 3.94. The lowest BCUT2D eigenvalue weighted by atomic mass is 10.1. The predicted molar refractivity (Wildman–Crippen MR) is 67.6 cm³/mol. The Labute approximate surface area is 107 Å². The maximum absolute atomic E-state index is 12.5. The normalized spacial score (nSPS) is 22.0. The number of aromatic nitrogens is 2. The van der Waals surface area contributed by atoms with Gasteiger partial charge in [0.05, 0.1) is 5.69 Å². The van der Waals surface area contributed by atoms with Gasteiger partial charge >= 0.3 is 0 Å². The molecule has 0 saturated carbocycles. The Hall–Kier alpha value is -1.05. The molecule has 7 heteroatoms. The second kappa shape index (κ2) is 5.29. The predicted octanol–water partition coefficient (Wildman–Crippen LogP) is 0.158. The number of likely N-dealkylation sites (N-methyl/N-ethyl adjacent to an activating group) is 1. The van der Waals surface area contributed by atoms with Crippen molar-refractivity contribution >= 4 is 10.0 Å². The average molecular weight is 270 g/mol. The lowest BCUT2D eigenvalue weighted by Gasteiger charge is -2.31. The van der Waals surface area contributed by atoms with Crippen LogP contribution in [0.1, 0.15) is 18.5 Å². The molecule has 2 rings (SSSR count). The maximum atomic E-state index is 12.5. The minimum atomic E-state index is -3.52. The van der Waals surface area contributed by atoms with E-state index in [0.717, 1.165) is 12.8 Å². The molecule has 1 N–H and O–H groups in total. The molecule has 2 heterocycles. The molecular formula is C11H18N4O2S. The summed E-state index contributed by atoms with van der Waals surface area (Å²) in [5.74, 6) is 0. The molecule has 1 aromatic rings. The zero-order valence-corrected chi connectivity index (χ0v) is 11.4. The van der Waals surface area contributed by atoms with Gasteiger partial charge in [-0.05, 0) is 26.8 Å². The standard InChI is InChI=1S/C11H18N4O2S/c1-9-11(14-6-5-13-9)18(16,17)15-7-3-4-10(8-15)12-2/h5-6,10,12H,3-4,7-8H2,1-2H3. The Morgan fingerprint density at radius 2 is 2.11 bits per heavy atom. The third-order valence-electron chi connectivity index (χ3n) is 3.21. The van der Waals surface area contributed by atoms with E-state index in [1.807, 2.05) is 7.05 Å². The highest BCUT2D eigenvalue weighted by Crippen LogP contribution is 2.20. The number of sulfonamides is 1. The van der Waals surface area contributed by atoms with Crippen LogP contribution in [0.3, 0.4) is 0 Å². The van der Waals surface area contributed by atoms with E-state index < -0.39 is 10.0 Å². The quantitative estimate of drug-likeness (QED) is 0.846. The molecule has 1 saturated heterocycles. The molecule has 1 atom stereocenters. The molecule has 1 fully saturated rings. The third kappa shape index (κ3) is 2.52. The van der Waals surface area contributed by atoms with Gasteiger partial charge in [-0.3, -0.25) is 4.98 Å². The van der Waals surface area contributed by atoms with Gasteiger partial charge in [0.15, 0.2) is 5.03 Å². The monoisotopic (exact) mass is 270 g/mol. The number of hydrogen-bond acceptors (Lipinski definition) is 5. The van der Waals surface area contributed by atoms with Gasteiger partial charge in [-0.25, -0.2) is 13.4 Å². The molecule has 0 bridgehead atoms. The van der Waals surface area contributed by atoms with Gasteiger partial charge in [0.25, 0.3) is 10.0 Å². The van der Waals surface area contributed by atoms with Gasteiger partial charge in [-0.15, -0.1) is 0 Å². The number of piperidine rings is 1. The van der Waals surface area contributed by atoms with E-state index in [2.05, 4.69) is 15.3 Å². The largest absolute Gasteiger partial charge is 0.316 e. The first kappa shape index (κ1) is 13.4. The van der Waals surface area contributed by atoms with Crippen LogP contribution in [-0.4, -0.2) is 48.9 Å². The highest BCUT2D eigenvalue weighted by Gasteiger charge is 2.31. The second-order valence-electron chi connectivity index (χ2n) is 4.44. The van der Waals surface area contributed by atoms with Crippen LogP contribution in [0.4, 0.5) is 0 Å². The zero-order chi connectivity index (χ0) is 13.2. The summed E-state index contributed by atoms with van der Waals surface area (Å²) < 4.78 is 26.4. The zero-order valence-electron chi connectivity index (χ0n) is 10.6. The highest BCUT2D eigenvalue weighted by atomic mass is 32.2. The van der Waals surface area contributed by atoms with Crippen molar-refractivity contribution in [1.82, 2.24) is 19.6 Å². The van der Waals surface area contributed by atoms with Crippen LogP contribution in [0, 0.1) is 6.92 Å². The van der Waals surface area contributed by atoms with Gasteiger partial charge in [0.2, 0.25) is 0 Å². The molecule has 0 amide bonds. The topological polar surface area (TPSA) is 75.2 Å². The summed E-state index contributed by atoms with van der Waals surface area (Å²) in [4.78, 5) is 7.96. The Balaban J connectivity index is 2.29. The summed E-state index contributed by atoms with van der Waals surface area (Å²) in [5, 5.41) is 3.20. The van der Waals surface area contributed by atoms with Crippen molar-refractivity contribution in [3.05, 3.63) is 18.1 Å². The molecule has 1 aliphatic heterocycles. The average Bonchev–Trinajstić information content (AvgIpc) is 2.39. The molecule has 6 nitrogen and oxygen atoms in total. The number of nitrogens with one attached hydrogen (secondary N) is 1. The lowest BCUT2D eigenvalue weighted by molar-refractivity contribution is 0.292. The Bertz CT molecular complexity index is 518. The van der Waals surface area contributed by atoms with Crippen LogP contribution in [0.15, 0.2) is 17.4 Å². The number of rotatable bonds is 3. The highest BCUT2D eigenvalue weighted by molar-refractivity contribution is 7.89. The van der Waals surface area contributed by atoms with E-state index in [1.165, 1.54) is 16.7 Å². The second-order valence-corrected chi connectivity index (χ2v) is 6.29. The van der Waals surface area contributed by atoms with Gasteiger partial charge in [0.1, 0.15) is 0 Å². The molecule has 0 spiro atoms. The van der Waals surface area contributed by atoms with E-state index >= 15 is 0 Å². The van der Waals surface area contributed by atoms with Crippen LogP contribution in [0.25, 0.3) is 0 Å². The SMILES string of the molecule is CNC1CCCN(S(=O)(=O)c2nccnc2C)C1. The minimum Gasteiger partial charge on any atom is -0.316 e. The first-order valence-corrected chi connectivity index (χ1v) is 7.44. The van der Waals surface area contributed by atoms with E-state index in [0.29, 0.717) is 18.8 Å². The van der Waals surface area contributed by atoms with E-state index in [4.69, 9.17) is 0 Å². The Morgan fingerprint density at radius 3 is 2.78 bits per heavy atom. The van der Waals surface area contributed by atoms with Gasteiger partial charge in [0, 0.05) is 31.5 Å². The molecular weight excluding hydrogens is 252 g/mol. The number of nitrogens with zero attached hydrogens (tertiary/aromatic N) is 3. The van der Waals surface area contributed by atoms with Gasteiger partial charge in [-0.1, -0.05) is 0 Å². The third-order valence-corrected chi connectivity index (χ3v) is 5.11. The van der Waals surface area contributed by atoms with Crippen molar-refractivity contribution in [3.8, 4) is 0 Å². The fraction of sp³-hybridized carbons (Fsp3) is 0.636. The van der Waals surface area contributed by atoms with E-state index in [1.54, 1.807) is 6.92 Å². The maximum Gasteiger partial charge on any atom is 0.262 e. The summed E-state index contributed by atoms with van der Waals surface area (Å²) in [7, 11) is -1.66. The van der Waals surface area contributed by atoms with Crippen molar-refractivity contribution in [2.75, 3.05) is 20.1 Å². The number of hydrogen-bond donors (Lipinski definition) is 1. The van der Waals surface area contributed by atoms with Crippen molar-refractivity contribution < 1.29 is 8.42 Å². The molecule has 100 valence electrons. The molecule has 1 aromatic heterocycles. The Morgan fingerprint density at radius 1 is 1.39 bits per heavy atom. The molecule has 0 aliphatic carbocycles. The smallest absolute Gasteiger partial charge is 0.262 e. The van der Waals surface area contributed by atoms with Gasteiger partial charge < -0.3 is 5.32 Å². The molecule has 18 heavy (non-hydrogen) atoms. The van der Waals surface area contributed by atoms with Crippen molar-refractivity contribution in [1.29, 1.82) is 0 Å². The molecule has 1 unspecified atom stereocenters. The molecule has 0 radical (unpaired) electrons. The summed E-state index contributed by atoms with van der Waals surface area (Å²) in [6.07, 6.45) is 4.78. The van der Waals surface area contributed by atoms with Gasteiger partial charge in [-0.2, -0.15) is 4.31 Å². The molecule has 0 aromatic carbocycles.